The summed E-state index contributed by atoms with van der Waals surface area (Å²) in [4.78, 5) is 37.2. The average molecular weight is 422 g/mol. The number of carbonyl (C=O) groups is 2. The molecule has 0 aliphatic rings. The molecule has 0 bridgehead atoms. The zero-order valence-electron chi connectivity index (χ0n) is 15.0. The van der Waals surface area contributed by atoms with E-state index >= 15 is 0 Å². The third kappa shape index (κ3) is 4.40. The summed E-state index contributed by atoms with van der Waals surface area (Å²) in [5.41, 5.74) is 0.330. The molecule has 6 nitrogen and oxygen atoms in total. The summed E-state index contributed by atoms with van der Waals surface area (Å²) in [6.45, 7) is 5.19. The SMILES string of the molecule is COC(=O)c1cccc(-c2ccc(CBr)n(C(=O)OC(C)(C)C)c2=O)c1. The van der Waals surface area contributed by atoms with Gasteiger partial charge in [0.15, 0.2) is 0 Å². The smallest absolute Gasteiger partial charge is 0.421 e. The Morgan fingerprint density at radius 1 is 1.15 bits per heavy atom. The Balaban J connectivity index is 2.59. The Morgan fingerprint density at radius 2 is 1.85 bits per heavy atom. The maximum atomic E-state index is 13.0. The van der Waals surface area contributed by atoms with Crippen LogP contribution in [-0.4, -0.2) is 29.3 Å². The van der Waals surface area contributed by atoms with Crippen molar-refractivity contribution in [1.82, 2.24) is 4.57 Å². The van der Waals surface area contributed by atoms with Crippen molar-refractivity contribution in [3.05, 3.63) is 58.0 Å². The number of hydrogen-bond donors (Lipinski definition) is 0. The lowest BCUT2D eigenvalue weighted by atomic mass is 10.0. The van der Waals surface area contributed by atoms with Gasteiger partial charge in [-0.3, -0.25) is 4.79 Å². The van der Waals surface area contributed by atoms with Crippen LogP contribution in [0.15, 0.2) is 41.2 Å². The molecule has 0 aliphatic heterocycles. The van der Waals surface area contributed by atoms with Gasteiger partial charge in [0.05, 0.1) is 12.7 Å². The third-order valence-corrected chi connectivity index (χ3v) is 4.05. The number of benzene rings is 1. The number of carbonyl (C=O) groups excluding carboxylic acids is 2. The first-order valence-electron chi connectivity index (χ1n) is 7.91. The Morgan fingerprint density at radius 3 is 2.42 bits per heavy atom. The number of nitrogens with zero attached hydrogens (tertiary/aromatic N) is 1. The number of rotatable bonds is 3. The van der Waals surface area contributed by atoms with Crippen LogP contribution in [0, 0.1) is 0 Å². The monoisotopic (exact) mass is 421 g/mol. The molecule has 138 valence electrons. The van der Waals surface area contributed by atoms with Crippen LogP contribution in [0.25, 0.3) is 11.1 Å². The second-order valence-electron chi connectivity index (χ2n) is 6.57. The summed E-state index contributed by atoms with van der Waals surface area (Å²) in [7, 11) is 1.29. The minimum Gasteiger partial charge on any atom is -0.465 e. The van der Waals surface area contributed by atoms with Crippen molar-refractivity contribution in [1.29, 1.82) is 0 Å². The van der Waals surface area contributed by atoms with Crippen LogP contribution < -0.4 is 5.56 Å². The summed E-state index contributed by atoms with van der Waals surface area (Å²) >= 11 is 3.28. The van der Waals surface area contributed by atoms with Crippen LogP contribution in [-0.2, 0) is 14.8 Å². The quantitative estimate of drug-likeness (QED) is 0.553. The summed E-state index contributed by atoms with van der Waals surface area (Å²) in [5, 5.41) is 0.309. The molecule has 26 heavy (non-hydrogen) atoms. The molecule has 0 aliphatic carbocycles. The summed E-state index contributed by atoms with van der Waals surface area (Å²) in [6, 6.07) is 9.77. The van der Waals surface area contributed by atoms with Crippen LogP contribution in [0.5, 0.6) is 0 Å². The van der Waals surface area contributed by atoms with E-state index in [9.17, 15) is 14.4 Å². The maximum Gasteiger partial charge on any atom is 0.421 e. The molecule has 0 saturated heterocycles. The maximum absolute atomic E-state index is 13.0. The van der Waals surface area contributed by atoms with Gasteiger partial charge in [-0.25, -0.2) is 14.2 Å². The molecule has 2 rings (SSSR count). The molecule has 7 heteroatoms. The van der Waals surface area contributed by atoms with Gasteiger partial charge in [0, 0.05) is 16.6 Å². The van der Waals surface area contributed by atoms with E-state index in [2.05, 4.69) is 15.9 Å². The first kappa shape index (κ1) is 19.9. The van der Waals surface area contributed by atoms with Crippen molar-refractivity contribution in [2.75, 3.05) is 7.11 Å². The molecule has 0 fully saturated rings. The standard InChI is InChI=1S/C19H20BrNO5/c1-19(2,3)26-18(24)21-14(11-20)8-9-15(16(21)22)12-6-5-7-13(10-12)17(23)25-4/h5-10H,11H2,1-4H3. The number of aromatic nitrogens is 1. The van der Waals surface area contributed by atoms with E-state index in [0.29, 0.717) is 22.2 Å². The van der Waals surface area contributed by atoms with E-state index in [0.717, 1.165) is 4.57 Å². The van der Waals surface area contributed by atoms with Gasteiger partial charge in [-0.05, 0) is 50.6 Å². The number of ether oxygens (including phenoxy) is 2. The van der Waals surface area contributed by atoms with Crippen LogP contribution in [0.3, 0.4) is 0 Å². The van der Waals surface area contributed by atoms with Crippen LogP contribution in [0.4, 0.5) is 4.79 Å². The van der Waals surface area contributed by atoms with Gasteiger partial charge in [0.25, 0.3) is 5.56 Å². The lowest BCUT2D eigenvalue weighted by molar-refractivity contribution is 0.0526. The fraction of sp³-hybridized carbons (Fsp3) is 0.316. The van der Waals surface area contributed by atoms with Crippen molar-refractivity contribution < 1.29 is 19.1 Å². The highest BCUT2D eigenvalue weighted by Crippen LogP contribution is 2.20. The number of alkyl halides is 1. The van der Waals surface area contributed by atoms with Gasteiger partial charge in [-0.2, -0.15) is 0 Å². The minimum absolute atomic E-state index is 0.284. The molecule has 0 radical (unpaired) electrons. The van der Waals surface area contributed by atoms with Crippen LogP contribution >= 0.6 is 15.9 Å². The summed E-state index contributed by atoms with van der Waals surface area (Å²) in [5.74, 6) is -0.503. The molecule has 1 heterocycles. The van der Waals surface area contributed by atoms with Gasteiger partial charge in [0.2, 0.25) is 0 Å². The lowest BCUT2D eigenvalue weighted by Crippen LogP contribution is -2.35. The van der Waals surface area contributed by atoms with Gasteiger partial charge in [-0.15, -0.1) is 0 Å². The highest BCUT2D eigenvalue weighted by Gasteiger charge is 2.22. The molecule has 0 spiro atoms. The molecule has 0 unspecified atom stereocenters. The van der Waals surface area contributed by atoms with Gasteiger partial charge >= 0.3 is 12.1 Å². The summed E-state index contributed by atoms with van der Waals surface area (Å²) in [6.07, 6.45) is -0.747. The highest BCUT2D eigenvalue weighted by atomic mass is 79.9. The number of methoxy groups -OCH3 is 1. The molecular formula is C19H20BrNO5. The van der Waals surface area contributed by atoms with E-state index in [1.165, 1.54) is 7.11 Å². The lowest BCUT2D eigenvalue weighted by Gasteiger charge is -2.21. The molecule has 0 atom stereocenters. The van der Waals surface area contributed by atoms with Gasteiger partial charge in [-0.1, -0.05) is 28.1 Å². The Hall–Kier alpha value is -2.41. The van der Waals surface area contributed by atoms with E-state index < -0.39 is 23.2 Å². The predicted molar refractivity (Wildman–Crippen MR) is 102 cm³/mol. The summed E-state index contributed by atoms with van der Waals surface area (Å²) < 4.78 is 11.1. The largest absolute Gasteiger partial charge is 0.465 e. The Kier molecular flexibility index (Phi) is 6.02. The first-order valence-corrected chi connectivity index (χ1v) is 9.03. The topological polar surface area (TPSA) is 74.6 Å². The Labute approximate surface area is 159 Å². The highest BCUT2D eigenvalue weighted by molar-refractivity contribution is 9.08. The number of pyridine rings is 1. The molecule has 1 aromatic carbocycles. The first-order chi connectivity index (χ1) is 12.2. The van der Waals surface area contributed by atoms with E-state index in [1.807, 2.05) is 0 Å². The van der Waals surface area contributed by atoms with E-state index in [1.54, 1.807) is 57.2 Å². The zero-order chi connectivity index (χ0) is 19.5. The number of halogens is 1. The average Bonchev–Trinajstić information content (AvgIpc) is 2.59. The molecular weight excluding hydrogens is 402 g/mol. The number of hydrogen-bond acceptors (Lipinski definition) is 5. The van der Waals surface area contributed by atoms with Crippen molar-refractivity contribution in [3.8, 4) is 11.1 Å². The van der Waals surface area contributed by atoms with Crippen molar-refractivity contribution in [2.24, 2.45) is 0 Å². The minimum atomic E-state index is -0.747. The zero-order valence-corrected chi connectivity index (χ0v) is 16.6. The van der Waals surface area contributed by atoms with Crippen molar-refractivity contribution in [2.45, 2.75) is 31.7 Å². The van der Waals surface area contributed by atoms with E-state index in [-0.39, 0.29) is 5.56 Å². The van der Waals surface area contributed by atoms with E-state index in [4.69, 9.17) is 9.47 Å². The molecule has 0 saturated carbocycles. The molecule has 1 aromatic heterocycles. The van der Waals surface area contributed by atoms with Crippen molar-refractivity contribution >= 4 is 28.0 Å². The fourth-order valence-corrected chi connectivity index (χ4v) is 2.78. The van der Waals surface area contributed by atoms with Gasteiger partial charge in [0.1, 0.15) is 5.60 Å². The second kappa shape index (κ2) is 7.86. The molecule has 0 N–H and O–H groups in total. The van der Waals surface area contributed by atoms with Crippen molar-refractivity contribution in [3.63, 3.8) is 0 Å². The fourth-order valence-electron chi connectivity index (χ4n) is 2.34. The van der Waals surface area contributed by atoms with Gasteiger partial charge < -0.3 is 9.47 Å². The molecule has 2 aromatic rings. The second-order valence-corrected chi connectivity index (χ2v) is 7.13. The molecule has 0 amide bonds. The normalized spacial score (nSPS) is 11.1. The number of esters is 1. The van der Waals surface area contributed by atoms with Crippen LogP contribution in [0.1, 0.15) is 36.8 Å². The third-order valence-electron chi connectivity index (χ3n) is 3.47. The predicted octanol–water partition coefficient (Wildman–Crippen LogP) is 3.98. The Bertz CT molecular complexity index is 896. The van der Waals surface area contributed by atoms with Crippen LogP contribution in [0.2, 0.25) is 0 Å².